The minimum absolute atomic E-state index is 0.0255. The molecule has 8 nitrogen and oxygen atoms in total. The molecular formula is C14H16N6O2S. The predicted octanol–water partition coefficient (Wildman–Crippen LogP) is 1.89. The number of carbonyl (C=O) groups is 1. The maximum absolute atomic E-state index is 12.5. The number of nitrogens with zero attached hydrogens (tertiary/aromatic N) is 6. The van der Waals surface area contributed by atoms with E-state index in [0.29, 0.717) is 16.5 Å². The lowest BCUT2D eigenvalue weighted by Crippen LogP contribution is -2.06. The second-order valence-corrected chi connectivity index (χ2v) is 6.16. The molecular weight excluding hydrogens is 316 g/mol. The summed E-state index contributed by atoms with van der Waals surface area (Å²) in [6, 6.07) is 3.71. The molecule has 0 bridgehead atoms. The van der Waals surface area contributed by atoms with Gasteiger partial charge in [-0.2, -0.15) is 0 Å². The molecule has 0 aliphatic heterocycles. The predicted molar refractivity (Wildman–Crippen MR) is 83.9 cm³/mol. The van der Waals surface area contributed by atoms with Crippen LogP contribution in [0.15, 0.2) is 21.8 Å². The molecule has 3 rings (SSSR count). The van der Waals surface area contributed by atoms with Crippen LogP contribution in [0.4, 0.5) is 0 Å². The number of Topliss-reactive ketones (excluding diaryl/α,β-unsaturated/α-hetero) is 1. The third-order valence-electron chi connectivity index (χ3n) is 3.49. The molecule has 0 spiro atoms. The van der Waals surface area contributed by atoms with Gasteiger partial charge >= 0.3 is 0 Å². The fraction of sp³-hybridized carbons (Fsp3) is 0.357. The van der Waals surface area contributed by atoms with Crippen molar-refractivity contribution in [2.75, 3.05) is 5.75 Å². The molecule has 0 saturated carbocycles. The highest BCUT2D eigenvalue weighted by Crippen LogP contribution is 2.23. The van der Waals surface area contributed by atoms with Crippen molar-refractivity contribution in [2.45, 2.75) is 25.9 Å². The van der Waals surface area contributed by atoms with E-state index in [9.17, 15) is 4.79 Å². The quantitative estimate of drug-likeness (QED) is 0.520. The molecule has 0 fully saturated rings. The number of carbonyl (C=O) groups excluding carboxylic acids is 1. The first-order valence-corrected chi connectivity index (χ1v) is 7.97. The summed E-state index contributed by atoms with van der Waals surface area (Å²) in [7, 11) is 1.74. The minimum atomic E-state index is 0.0255. The van der Waals surface area contributed by atoms with Gasteiger partial charge in [-0.15, -0.1) is 5.10 Å². The second kappa shape index (κ2) is 5.99. The number of thioether (sulfide) groups is 1. The standard InChI is InChI=1S/C14H16N6O2S/c1-8-5-11(10(3)20(8)13-6-9(2)22-16-13)12(21)7-23-14-15-17-18-19(14)4/h5-6H,7H2,1-4H3. The topological polar surface area (TPSA) is 91.6 Å². The highest BCUT2D eigenvalue weighted by molar-refractivity contribution is 7.99. The normalized spacial score (nSPS) is 11.1. The lowest BCUT2D eigenvalue weighted by Gasteiger charge is -2.05. The Morgan fingerprint density at radius 1 is 1.30 bits per heavy atom. The molecule has 0 aliphatic rings. The number of rotatable bonds is 5. The molecule has 0 radical (unpaired) electrons. The van der Waals surface area contributed by atoms with E-state index in [0.717, 1.165) is 17.1 Å². The van der Waals surface area contributed by atoms with Gasteiger partial charge in [0.2, 0.25) is 5.16 Å². The van der Waals surface area contributed by atoms with Crippen LogP contribution in [-0.4, -0.2) is 41.5 Å². The monoisotopic (exact) mass is 332 g/mol. The number of ketones is 1. The molecule has 3 aromatic heterocycles. The van der Waals surface area contributed by atoms with E-state index < -0.39 is 0 Å². The number of aromatic nitrogens is 6. The van der Waals surface area contributed by atoms with Gasteiger partial charge in [0.05, 0.1) is 5.75 Å². The number of hydrogen-bond donors (Lipinski definition) is 0. The molecule has 0 N–H and O–H groups in total. The summed E-state index contributed by atoms with van der Waals surface area (Å²) in [6.45, 7) is 5.68. The number of hydrogen-bond acceptors (Lipinski definition) is 7. The van der Waals surface area contributed by atoms with Crippen molar-refractivity contribution in [3.05, 3.63) is 34.8 Å². The molecule has 0 aromatic carbocycles. The first-order chi connectivity index (χ1) is 11.0. The van der Waals surface area contributed by atoms with Gasteiger partial charge in [0.1, 0.15) is 5.76 Å². The summed E-state index contributed by atoms with van der Waals surface area (Å²) in [5, 5.41) is 15.8. The maximum Gasteiger partial charge on any atom is 0.209 e. The third-order valence-corrected chi connectivity index (χ3v) is 4.50. The lowest BCUT2D eigenvalue weighted by molar-refractivity contribution is 0.102. The molecule has 0 saturated heterocycles. The summed E-state index contributed by atoms with van der Waals surface area (Å²) < 4.78 is 8.58. The Morgan fingerprint density at radius 3 is 2.70 bits per heavy atom. The average molecular weight is 332 g/mol. The van der Waals surface area contributed by atoms with E-state index in [1.807, 2.05) is 37.5 Å². The van der Waals surface area contributed by atoms with Gasteiger partial charge in [0, 0.05) is 30.1 Å². The zero-order valence-corrected chi connectivity index (χ0v) is 14.1. The van der Waals surface area contributed by atoms with E-state index in [1.54, 1.807) is 11.7 Å². The van der Waals surface area contributed by atoms with Crippen LogP contribution in [0.3, 0.4) is 0 Å². The Balaban J connectivity index is 1.83. The highest BCUT2D eigenvalue weighted by Gasteiger charge is 2.19. The van der Waals surface area contributed by atoms with Gasteiger partial charge < -0.3 is 4.52 Å². The summed E-state index contributed by atoms with van der Waals surface area (Å²) in [4.78, 5) is 12.5. The van der Waals surface area contributed by atoms with E-state index >= 15 is 0 Å². The molecule has 0 aliphatic carbocycles. The largest absolute Gasteiger partial charge is 0.360 e. The summed E-state index contributed by atoms with van der Waals surface area (Å²) >= 11 is 1.31. The Kier molecular flexibility index (Phi) is 4.03. The van der Waals surface area contributed by atoms with Crippen molar-refractivity contribution in [3.8, 4) is 5.82 Å². The Labute approximate surface area is 136 Å². The van der Waals surface area contributed by atoms with Gasteiger partial charge in [0.25, 0.3) is 0 Å². The van der Waals surface area contributed by atoms with Gasteiger partial charge in [-0.1, -0.05) is 16.9 Å². The van der Waals surface area contributed by atoms with Crippen LogP contribution in [0.2, 0.25) is 0 Å². The van der Waals surface area contributed by atoms with Crippen molar-refractivity contribution < 1.29 is 9.32 Å². The van der Waals surface area contributed by atoms with E-state index in [2.05, 4.69) is 20.7 Å². The summed E-state index contributed by atoms with van der Waals surface area (Å²) in [6.07, 6.45) is 0. The van der Waals surface area contributed by atoms with Crippen molar-refractivity contribution in [2.24, 2.45) is 7.05 Å². The van der Waals surface area contributed by atoms with E-state index in [1.165, 1.54) is 11.8 Å². The van der Waals surface area contributed by atoms with Crippen molar-refractivity contribution in [1.82, 2.24) is 29.9 Å². The van der Waals surface area contributed by atoms with Gasteiger partial charge in [-0.3, -0.25) is 9.36 Å². The Morgan fingerprint density at radius 2 is 2.09 bits per heavy atom. The first kappa shape index (κ1) is 15.5. The Bertz CT molecular complexity index is 863. The van der Waals surface area contributed by atoms with Gasteiger partial charge in [0.15, 0.2) is 11.6 Å². The molecule has 120 valence electrons. The number of tetrazole rings is 1. The SMILES string of the molecule is Cc1cc(-n2c(C)cc(C(=O)CSc3nnnn3C)c2C)no1. The van der Waals surface area contributed by atoms with Crippen LogP contribution in [0, 0.1) is 20.8 Å². The molecule has 0 amide bonds. The van der Waals surface area contributed by atoms with Crippen molar-refractivity contribution in [1.29, 1.82) is 0 Å². The first-order valence-electron chi connectivity index (χ1n) is 6.98. The maximum atomic E-state index is 12.5. The lowest BCUT2D eigenvalue weighted by atomic mass is 10.2. The van der Waals surface area contributed by atoms with Crippen LogP contribution >= 0.6 is 11.8 Å². The molecule has 0 unspecified atom stereocenters. The molecule has 23 heavy (non-hydrogen) atoms. The van der Waals surface area contributed by atoms with Crippen LogP contribution in [0.5, 0.6) is 0 Å². The van der Waals surface area contributed by atoms with Crippen LogP contribution in [0.25, 0.3) is 5.82 Å². The molecule has 3 aromatic rings. The highest BCUT2D eigenvalue weighted by atomic mass is 32.2. The smallest absolute Gasteiger partial charge is 0.209 e. The van der Waals surface area contributed by atoms with Crippen LogP contribution < -0.4 is 0 Å². The van der Waals surface area contributed by atoms with E-state index in [-0.39, 0.29) is 11.5 Å². The fourth-order valence-corrected chi connectivity index (χ4v) is 3.14. The summed E-state index contributed by atoms with van der Waals surface area (Å²) in [5.41, 5.74) is 2.45. The van der Waals surface area contributed by atoms with Crippen molar-refractivity contribution in [3.63, 3.8) is 0 Å². The van der Waals surface area contributed by atoms with Gasteiger partial charge in [-0.05, 0) is 37.3 Å². The third kappa shape index (κ3) is 2.91. The van der Waals surface area contributed by atoms with Crippen molar-refractivity contribution >= 4 is 17.5 Å². The molecule has 9 heteroatoms. The zero-order chi connectivity index (χ0) is 16.6. The minimum Gasteiger partial charge on any atom is -0.360 e. The molecule has 3 heterocycles. The van der Waals surface area contributed by atoms with Crippen LogP contribution in [-0.2, 0) is 7.05 Å². The van der Waals surface area contributed by atoms with Gasteiger partial charge in [-0.25, -0.2) is 4.68 Å². The fourth-order valence-electron chi connectivity index (χ4n) is 2.41. The van der Waals surface area contributed by atoms with E-state index in [4.69, 9.17) is 4.52 Å². The second-order valence-electron chi connectivity index (χ2n) is 5.21. The average Bonchev–Trinajstić information content (AvgIpc) is 3.17. The molecule has 0 atom stereocenters. The zero-order valence-electron chi connectivity index (χ0n) is 13.3. The summed E-state index contributed by atoms with van der Waals surface area (Å²) in [5.74, 6) is 1.71. The number of aryl methyl sites for hydroxylation is 3. The van der Waals surface area contributed by atoms with Crippen LogP contribution in [0.1, 0.15) is 27.5 Å². The Hall–Kier alpha value is -2.42.